The average Bonchev–Trinajstić information content (AvgIpc) is 1.68. The highest BCUT2D eigenvalue weighted by Gasteiger charge is 1.93. The van der Waals surface area contributed by atoms with E-state index in [0.717, 1.165) is 6.42 Å². The zero-order valence-corrected chi connectivity index (χ0v) is 4.30. The maximum absolute atomic E-state index is 5.32. The van der Waals surface area contributed by atoms with E-state index in [1.165, 1.54) is 7.17 Å². The maximum atomic E-state index is 5.32. The van der Waals surface area contributed by atoms with E-state index in [1.54, 1.807) is 0 Å². The van der Waals surface area contributed by atoms with Crippen LogP contribution < -0.4 is 11.5 Å². The molecule has 4 N–H and O–H groups in total. The van der Waals surface area contributed by atoms with Crippen molar-refractivity contribution in [1.82, 2.24) is 0 Å². The second kappa shape index (κ2) is 4.22. The van der Waals surface area contributed by atoms with Crippen LogP contribution in [-0.2, 0) is 0 Å². The Morgan fingerprint density at radius 3 is 2.43 bits per heavy atom. The lowest BCUT2D eigenvalue weighted by Gasteiger charge is -2.02. The van der Waals surface area contributed by atoms with Crippen LogP contribution in [0.2, 0.25) is 0 Å². The topological polar surface area (TPSA) is 52.0 Å². The van der Waals surface area contributed by atoms with Gasteiger partial charge < -0.3 is 11.5 Å². The van der Waals surface area contributed by atoms with Crippen LogP contribution in [0.5, 0.6) is 0 Å². The molecule has 2 nitrogen and oxygen atoms in total. The van der Waals surface area contributed by atoms with Crippen LogP contribution in [0, 0.1) is 0 Å². The van der Waals surface area contributed by atoms with Crippen molar-refractivity contribution < 1.29 is 0 Å². The summed E-state index contributed by atoms with van der Waals surface area (Å²) < 4.78 is 0. The molecular formula is C3H9B2N2. The highest BCUT2D eigenvalue weighted by Crippen LogP contribution is 1.76. The maximum Gasteiger partial charge on any atom is 0.0773 e. The van der Waals surface area contributed by atoms with Crippen LogP contribution in [0.3, 0.4) is 0 Å². The molecule has 0 aromatic heterocycles. The lowest BCUT2D eigenvalue weighted by molar-refractivity contribution is 0.786. The molecule has 0 heterocycles. The average molecular weight is 94.7 g/mol. The van der Waals surface area contributed by atoms with Gasteiger partial charge in [0.1, 0.15) is 0 Å². The minimum absolute atomic E-state index is 0.0231. The van der Waals surface area contributed by atoms with Crippen LogP contribution in [0.25, 0.3) is 0 Å². The summed E-state index contributed by atoms with van der Waals surface area (Å²) in [7, 11) is 6.50. The fourth-order valence-electron chi connectivity index (χ4n) is 0.289. The second-order valence-electron chi connectivity index (χ2n) is 1.43. The third-order valence-corrected chi connectivity index (χ3v) is 0.747. The van der Waals surface area contributed by atoms with Gasteiger partial charge in [-0.05, 0) is 18.9 Å². The van der Waals surface area contributed by atoms with Gasteiger partial charge in [-0.3, -0.25) is 0 Å². The summed E-state index contributed by atoms with van der Waals surface area (Å²) >= 11 is 0. The molecule has 1 unspecified atom stereocenters. The van der Waals surface area contributed by atoms with Crippen molar-refractivity contribution >= 4 is 14.9 Å². The van der Waals surface area contributed by atoms with E-state index in [1.807, 2.05) is 0 Å². The first-order valence-corrected chi connectivity index (χ1v) is 2.32. The first-order chi connectivity index (χ1) is 3.31. The molecular weight excluding hydrogens is 85.7 g/mol. The van der Waals surface area contributed by atoms with Gasteiger partial charge >= 0.3 is 0 Å². The Morgan fingerprint density at radius 1 is 1.71 bits per heavy atom. The fourth-order valence-corrected chi connectivity index (χ4v) is 0.289. The van der Waals surface area contributed by atoms with Gasteiger partial charge in [0.15, 0.2) is 0 Å². The molecule has 7 heavy (non-hydrogen) atoms. The van der Waals surface area contributed by atoms with Gasteiger partial charge in [-0.2, -0.15) is 0 Å². The molecule has 0 rings (SSSR count). The molecule has 0 aliphatic carbocycles. The van der Waals surface area contributed by atoms with E-state index in [9.17, 15) is 0 Å². The zero-order chi connectivity index (χ0) is 5.70. The van der Waals surface area contributed by atoms with Crippen molar-refractivity contribution in [2.45, 2.75) is 12.4 Å². The summed E-state index contributed by atoms with van der Waals surface area (Å²) in [6.07, 6.45) is 0.774. The van der Waals surface area contributed by atoms with Gasteiger partial charge in [0.25, 0.3) is 0 Å². The lowest BCUT2D eigenvalue weighted by Crippen LogP contribution is -2.30. The van der Waals surface area contributed by atoms with Crippen molar-refractivity contribution in [3.63, 3.8) is 0 Å². The molecule has 0 saturated heterocycles. The van der Waals surface area contributed by atoms with Gasteiger partial charge in [-0.1, -0.05) is 0 Å². The van der Waals surface area contributed by atoms with Crippen LogP contribution in [0.1, 0.15) is 6.42 Å². The van der Waals surface area contributed by atoms with E-state index in [2.05, 4.69) is 0 Å². The van der Waals surface area contributed by atoms with Crippen LogP contribution in [0.15, 0.2) is 0 Å². The summed E-state index contributed by atoms with van der Waals surface area (Å²) in [6, 6.07) is 0. The van der Waals surface area contributed by atoms with E-state index >= 15 is 0 Å². The predicted molar refractivity (Wildman–Crippen MR) is 33.2 cm³/mol. The number of hydrogen-bond donors (Lipinski definition) is 2. The Balaban J connectivity index is 2.83. The first-order valence-electron chi connectivity index (χ1n) is 2.32. The molecule has 0 aromatic carbocycles. The van der Waals surface area contributed by atoms with E-state index < -0.39 is 0 Å². The monoisotopic (exact) mass is 95.1 g/mol. The molecule has 3 radical (unpaired) electrons. The summed E-state index contributed by atoms with van der Waals surface area (Å²) in [4.78, 5) is 0. The van der Waals surface area contributed by atoms with E-state index in [-0.39, 0.29) is 5.94 Å². The molecule has 0 aromatic rings. The molecule has 0 bridgehead atoms. The van der Waals surface area contributed by atoms with Gasteiger partial charge in [0, 0.05) is 7.74 Å². The standard InChI is InChI=1S/C3H9B2N2/c4-5-3(7)1-2-6/h3H,1-2,6-7H2. The Bertz CT molecular complexity index is 41.9. The van der Waals surface area contributed by atoms with Crippen LogP contribution >= 0.6 is 0 Å². The van der Waals surface area contributed by atoms with Crippen molar-refractivity contribution in [3.8, 4) is 0 Å². The second-order valence-corrected chi connectivity index (χ2v) is 1.43. The Morgan fingerprint density at radius 2 is 2.29 bits per heavy atom. The number of nitrogens with two attached hydrogens (primary N) is 2. The molecule has 0 fully saturated rings. The summed E-state index contributed by atoms with van der Waals surface area (Å²) in [5.41, 5.74) is 10.5. The molecule has 0 saturated carbocycles. The highest BCUT2D eigenvalue weighted by atomic mass is 14.6. The van der Waals surface area contributed by atoms with Crippen molar-refractivity contribution in [1.29, 1.82) is 0 Å². The summed E-state index contributed by atoms with van der Waals surface area (Å²) in [5.74, 6) is -0.0231. The smallest absolute Gasteiger partial charge is 0.0773 e. The quantitative estimate of drug-likeness (QED) is 0.415. The zero-order valence-electron chi connectivity index (χ0n) is 4.30. The van der Waals surface area contributed by atoms with Crippen molar-refractivity contribution in [2.75, 3.05) is 6.54 Å². The molecule has 4 heteroatoms. The van der Waals surface area contributed by atoms with Gasteiger partial charge in [-0.15, -0.1) is 0 Å². The van der Waals surface area contributed by atoms with Crippen molar-refractivity contribution in [3.05, 3.63) is 0 Å². The molecule has 0 amide bonds. The van der Waals surface area contributed by atoms with Gasteiger partial charge in [-0.25, -0.2) is 0 Å². The predicted octanol–water partition coefficient (Wildman–Crippen LogP) is -1.59. The Labute approximate surface area is 46.3 Å². The van der Waals surface area contributed by atoms with E-state index in [0.29, 0.717) is 6.54 Å². The minimum atomic E-state index is -0.0231. The minimum Gasteiger partial charge on any atom is -0.336 e. The number of rotatable bonds is 3. The third kappa shape index (κ3) is 3.89. The Kier molecular flexibility index (Phi) is 4.25. The molecule has 37 valence electrons. The third-order valence-electron chi connectivity index (χ3n) is 0.747. The Hall–Kier alpha value is 0.0499. The molecule has 0 aliphatic rings. The van der Waals surface area contributed by atoms with Gasteiger partial charge in [0.05, 0.1) is 7.17 Å². The van der Waals surface area contributed by atoms with Gasteiger partial charge in [0.2, 0.25) is 0 Å². The normalized spacial score (nSPS) is 13.4. The summed E-state index contributed by atoms with van der Waals surface area (Å²) in [6.45, 7) is 0.606. The largest absolute Gasteiger partial charge is 0.336 e. The fraction of sp³-hybridized carbons (Fsp3) is 1.00. The summed E-state index contributed by atoms with van der Waals surface area (Å²) in [5, 5.41) is 0. The molecule has 1 atom stereocenters. The van der Waals surface area contributed by atoms with Crippen molar-refractivity contribution in [2.24, 2.45) is 11.5 Å². The van der Waals surface area contributed by atoms with Crippen LogP contribution in [-0.4, -0.2) is 27.4 Å². The van der Waals surface area contributed by atoms with E-state index in [4.69, 9.17) is 19.2 Å². The lowest BCUT2D eigenvalue weighted by atomic mass is 9.50. The molecule has 0 spiro atoms. The first kappa shape index (κ1) is 7.05. The SMILES string of the molecule is [B][B]C(N)CCN. The van der Waals surface area contributed by atoms with Crippen LogP contribution in [0.4, 0.5) is 0 Å². The highest BCUT2D eigenvalue weighted by molar-refractivity contribution is 6.90. The number of hydrogen-bond acceptors (Lipinski definition) is 2. The molecule has 0 aliphatic heterocycles.